The first-order valence-electron chi connectivity index (χ1n) is 8.77. The van der Waals surface area contributed by atoms with Crippen LogP contribution in [0.3, 0.4) is 0 Å². The first-order valence-corrected chi connectivity index (χ1v) is 8.77. The van der Waals surface area contributed by atoms with Crippen molar-refractivity contribution in [1.29, 1.82) is 0 Å². The van der Waals surface area contributed by atoms with Crippen molar-refractivity contribution in [1.82, 2.24) is 4.90 Å². The van der Waals surface area contributed by atoms with Crippen LogP contribution in [0.4, 0.5) is 23.7 Å². The van der Waals surface area contributed by atoms with Gasteiger partial charge in [0, 0.05) is 25.9 Å². The van der Waals surface area contributed by atoms with Gasteiger partial charge in [-0.3, -0.25) is 0 Å². The van der Waals surface area contributed by atoms with Gasteiger partial charge in [-0.15, -0.1) is 0 Å². The number of rotatable bonds is 6. The predicted molar refractivity (Wildman–Crippen MR) is 92.8 cm³/mol. The van der Waals surface area contributed by atoms with Gasteiger partial charge in [0.25, 0.3) is 0 Å². The molecule has 2 bridgehead atoms. The summed E-state index contributed by atoms with van der Waals surface area (Å²) in [5, 5.41) is 2.59. The maximum absolute atomic E-state index is 12.8. The van der Waals surface area contributed by atoms with Crippen LogP contribution in [0.2, 0.25) is 0 Å². The summed E-state index contributed by atoms with van der Waals surface area (Å²) in [6.45, 7) is 1.37. The molecule has 0 heterocycles. The average molecular weight is 368 g/mol. The highest BCUT2D eigenvalue weighted by Crippen LogP contribution is 2.43. The van der Waals surface area contributed by atoms with E-state index in [1.165, 1.54) is 12.1 Å². The van der Waals surface area contributed by atoms with Crippen molar-refractivity contribution < 1.29 is 22.7 Å². The summed E-state index contributed by atoms with van der Waals surface area (Å²) >= 11 is 0. The molecule has 0 radical (unpaired) electrons. The number of amides is 2. The Morgan fingerprint density at radius 3 is 2.73 bits per heavy atom. The van der Waals surface area contributed by atoms with E-state index >= 15 is 0 Å². The molecule has 142 valence electrons. The summed E-state index contributed by atoms with van der Waals surface area (Å²) in [7, 11) is 1.56. The molecule has 3 atom stereocenters. The van der Waals surface area contributed by atoms with E-state index in [4.69, 9.17) is 4.74 Å². The number of hydrogen-bond donors (Lipinski definition) is 1. The monoisotopic (exact) mass is 368 g/mol. The molecule has 1 aromatic rings. The fraction of sp³-hybridized carbons (Fsp3) is 0.526. The van der Waals surface area contributed by atoms with E-state index in [1.54, 1.807) is 12.0 Å². The molecule has 1 N–H and O–H groups in total. The first kappa shape index (κ1) is 18.8. The third-order valence-corrected chi connectivity index (χ3v) is 5.16. The van der Waals surface area contributed by atoms with Gasteiger partial charge in [-0.1, -0.05) is 18.2 Å². The number of fused-ring (bicyclic) bond motifs is 2. The smallest absolute Gasteiger partial charge is 0.383 e. The Labute approximate surface area is 151 Å². The molecule has 0 spiro atoms. The predicted octanol–water partition coefficient (Wildman–Crippen LogP) is 4.40. The zero-order chi connectivity index (χ0) is 18.7. The number of alkyl halides is 3. The summed E-state index contributed by atoms with van der Waals surface area (Å²) < 4.78 is 43.6. The van der Waals surface area contributed by atoms with Gasteiger partial charge in [0.15, 0.2) is 0 Å². The van der Waals surface area contributed by atoms with Crippen molar-refractivity contribution in [2.45, 2.75) is 19.0 Å². The fourth-order valence-electron chi connectivity index (χ4n) is 3.84. The van der Waals surface area contributed by atoms with E-state index in [1.807, 2.05) is 0 Å². The Bertz CT molecular complexity index is 675. The number of halogens is 3. The van der Waals surface area contributed by atoms with Crippen LogP contribution in [0.5, 0.6) is 0 Å². The average Bonchev–Trinajstić information content (AvgIpc) is 3.21. The van der Waals surface area contributed by atoms with Crippen LogP contribution in [0.25, 0.3) is 0 Å². The van der Waals surface area contributed by atoms with Gasteiger partial charge in [0.1, 0.15) is 0 Å². The highest BCUT2D eigenvalue weighted by molar-refractivity contribution is 5.89. The lowest BCUT2D eigenvalue weighted by Crippen LogP contribution is -2.41. The number of nitrogens with one attached hydrogen (secondary N) is 1. The normalized spacial score (nSPS) is 24.1. The SMILES string of the molecule is COCCN(CC1CC2C=CC1C2)C(=O)Nc1cccc(C(F)(F)F)c1. The molecule has 2 aliphatic carbocycles. The second-order valence-corrected chi connectivity index (χ2v) is 6.99. The van der Waals surface area contributed by atoms with Gasteiger partial charge in [0.2, 0.25) is 0 Å². The summed E-state index contributed by atoms with van der Waals surface area (Å²) in [6, 6.07) is 4.29. The van der Waals surface area contributed by atoms with Crippen molar-refractivity contribution in [3.8, 4) is 0 Å². The van der Waals surface area contributed by atoms with Crippen LogP contribution in [-0.2, 0) is 10.9 Å². The number of carbonyl (C=O) groups is 1. The minimum absolute atomic E-state index is 0.139. The quantitative estimate of drug-likeness (QED) is 0.757. The Balaban J connectivity index is 1.66. The Morgan fingerprint density at radius 2 is 2.12 bits per heavy atom. The van der Waals surface area contributed by atoms with Crippen LogP contribution >= 0.6 is 0 Å². The highest BCUT2D eigenvalue weighted by atomic mass is 19.4. The highest BCUT2D eigenvalue weighted by Gasteiger charge is 2.37. The number of methoxy groups -OCH3 is 1. The Hall–Kier alpha value is -2.02. The number of nitrogens with zero attached hydrogens (tertiary/aromatic N) is 1. The van der Waals surface area contributed by atoms with Gasteiger partial charge >= 0.3 is 12.2 Å². The number of benzene rings is 1. The van der Waals surface area contributed by atoms with E-state index in [9.17, 15) is 18.0 Å². The fourth-order valence-corrected chi connectivity index (χ4v) is 3.84. The molecule has 3 rings (SSSR count). The largest absolute Gasteiger partial charge is 0.416 e. The van der Waals surface area contributed by atoms with Gasteiger partial charge in [-0.25, -0.2) is 4.79 Å². The van der Waals surface area contributed by atoms with E-state index in [-0.39, 0.29) is 5.69 Å². The minimum Gasteiger partial charge on any atom is -0.383 e. The molecule has 1 aromatic carbocycles. The second kappa shape index (κ2) is 7.70. The molecule has 0 saturated heterocycles. The maximum atomic E-state index is 12.8. The van der Waals surface area contributed by atoms with Gasteiger partial charge in [-0.05, 0) is 48.8 Å². The standard InChI is InChI=1S/C19H23F3N2O2/c1-26-8-7-24(12-15-10-13-5-6-14(15)9-13)18(25)23-17-4-2-3-16(11-17)19(20,21)22/h2-6,11,13-15H,7-10,12H2,1H3,(H,23,25). The van der Waals surface area contributed by atoms with Crippen LogP contribution in [0.15, 0.2) is 36.4 Å². The molecule has 1 fully saturated rings. The molecular weight excluding hydrogens is 345 g/mol. The van der Waals surface area contributed by atoms with Gasteiger partial charge in [-0.2, -0.15) is 13.2 Å². The number of hydrogen-bond acceptors (Lipinski definition) is 2. The molecule has 1 saturated carbocycles. The lowest BCUT2D eigenvalue weighted by molar-refractivity contribution is -0.137. The molecule has 3 unspecified atom stereocenters. The van der Waals surface area contributed by atoms with Crippen LogP contribution in [0, 0.1) is 17.8 Å². The summed E-state index contributed by atoms with van der Waals surface area (Å²) in [6.07, 6.45) is 2.22. The first-order chi connectivity index (χ1) is 12.4. The molecule has 7 heteroatoms. The zero-order valence-corrected chi connectivity index (χ0v) is 14.6. The number of ether oxygens (including phenoxy) is 1. The molecule has 2 aliphatic rings. The van der Waals surface area contributed by atoms with Crippen molar-refractivity contribution >= 4 is 11.7 Å². The molecule has 2 amide bonds. The van der Waals surface area contributed by atoms with Gasteiger partial charge in [0.05, 0.1) is 12.2 Å². The number of urea groups is 1. The number of allylic oxidation sites excluding steroid dienone is 2. The van der Waals surface area contributed by atoms with Crippen molar-refractivity contribution in [3.63, 3.8) is 0 Å². The van der Waals surface area contributed by atoms with Gasteiger partial charge < -0.3 is 15.0 Å². The third kappa shape index (κ3) is 4.38. The van der Waals surface area contributed by atoms with E-state index in [0.29, 0.717) is 37.5 Å². The number of carbonyl (C=O) groups excluding carboxylic acids is 1. The van der Waals surface area contributed by atoms with Crippen molar-refractivity contribution in [3.05, 3.63) is 42.0 Å². The lowest BCUT2D eigenvalue weighted by atomic mass is 9.93. The molecule has 26 heavy (non-hydrogen) atoms. The molecule has 0 aromatic heterocycles. The van der Waals surface area contributed by atoms with Crippen LogP contribution in [0.1, 0.15) is 18.4 Å². The van der Waals surface area contributed by atoms with E-state index in [0.717, 1.165) is 25.0 Å². The molecule has 4 nitrogen and oxygen atoms in total. The van der Waals surface area contributed by atoms with Crippen LogP contribution in [-0.4, -0.2) is 37.7 Å². The summed E-state index contributed by atoms with van der Waals surface area (Å²) in [4.78, 5) is 14.3. The topological polar surface area (TPSA) is 41.6 Å². The second-order valence-electron chi connectivity index (χ2n) is 6.99. The van der Waals surface area contributed by atoms with E-state index in [2.05, 4.69) is 17.5 Å². The minimum atomic E-state index is -4.44. The molecular formula is C19H23F3N2O2. The molecule has 0 aliphatic heterocycles. The van der Waals surface area contributed by atoms with E-state index < -0.39 is 17.8 Å². The van der Waals surface area contributed by atoms with Crippen LogP contribution < -0.4 is 5.32 Å². The summed E-state index contributed by atoms with van der Waals surface area (Å²) in [5.41, 5.74) is -0.642. The summed E-state index contributed by atoms with van der Waals surface area (Å²) in [5.74, 6) is 1.49. The third-order valence-electron chi connectivity index (χ3n) is 5.16. The number of anilines is 1. The van der Waals surface area contributed by atoms with Crippen molar-refractivity contribution in [2.24, 2.45) is 17.8 Å². The lowest BCUT2D eigenvalue weighted by Gasteiger charge is -2.28. The Morgan fingerprint density at radius 1 is 1.31 bits per heavy atom. The Kier molecular flexibility index (Phi) is 5.55. The maximum Gasteiger partial charge on any atom is 0.416 e. The zero-order valence-electron chi connectivity index (χ0n) is 14.6. The van der Waals surface area contributed by atoms with Crippen molar-refractivity contribution in [2.75, 3.05) is 32.1 Å².